The molecule has 0 aromatic carbocycles. The zero-order valence-electron chi connectivity index (χ0n) is 9.66. The largest absolute Gasteiger partial charge is 0.480 e. The normalized spacial score (nSPS) is 29.5. The SMILES string of the molecule is CC1COCCN1C(=O)N1CSCC1C(=O)O. The Morgan fingerprint density at radius 2 is 2.18 bits per heavy atom. The number of hydrogen-bond donors (Lipinski definition) is 1. The van der Waals surface area contributed by atoms with Gasteiger partial charge in [-0.05, 0) is 6.92 Å². The minimum absolute atomic E-state index is 0.0105. The molecule has 2 fully saturated rings. The fraction of sp³-hybridized carbons (Fsp3) is 0.800. The minimum Gasteiger partial charge on any atom is -0.480 e. The van der Waals surface area contributed by atoms with Gasteiger partial charge in [-0.15, -0.1) is 11.8 Å². The van der Waals surface area contributed by atoms with Gasteiger partial charge in [0.15, 0.2) is 0 Å². The molecule has 2 rings (SSSR count). The van der Waals surface area contributed by atoms with Gasteiger partial charge in [0.2, 0.25) is 0 Å². The van der Waals surface area contributed by atoms with Crippen molar-refractivity contribution in [1.29, 1.82) is 0 Å². The maximum absolute atomic E-state index is 12.2. The topological polar surface area (TPSA) is 70.1 Å². The van der Waals surface area contributed by atoms with E-state index in [2.05, 4.69) is 0 Å². The summed E-state index contributed by atoms with van der Waals surface area (Å²) in [5.41, 5.74) is 0. The van der Waals surface area contributed by atoms with Gasteiger partial charge in [0.1, 0.15) is 6.04 Å². The number of carboxylic acid groups (broad SMARTS) is 1. The van der Waals surface area contributed by atoms with Crippen LogP contribution in [0.15, 0.2) is 0 Å². The Morgan fingerprint density at radius 1 is 1.41 bits per heavy atom. The molecular weight excluding hydrogens is 244 g/mol. The molecule has 2 saturated heterocycles. The van der Waals surface area contributed by atoms with E-state index in [-0.39, 0.29) is 12.1 Å². The van der Waals surface area contributed by atoms with Crippen LogP contribution >= 0.6 is 11.8 Å². The minimum atomic E-state index is -0.927. The lowest BCUT2D eigenvalue weighted by Gasteiger charge is -2.36. The lowest BCUT2D eigenvalue weighted by molar-refractivity contribution is -0.141. The summed E-state index contributed by atoms with van der Waals surface area (Å²) in [5, 5.41) is 9.05. The monoisotopic (exact) mass is 260 g/mol. The Balaban J connectivity index is 2.05. The molecule has 2 heterocycles. The van der Waals surface area contributed by atoms with Gasteiger partial charge in [-0.1, -0.05) is 0 Å². The number of hydrogen-bond acceptors (Lipinski definition) is 4. The molecule has 2 unspecified atom stereocenters. The highest BCUT2D eigenvalue weighted by molar-refractivity contribution is 7.99. The third kappa shape index (κ3) is 2.50. The lowest BCUT2D eigenvalue weighted by atomic mass is 10.2. The first kappa shape index (κ1) is 12.5. The maximum atomic E-state index is 12.2. The third-order valence-corrected chi connectivity index (χ3v) is 4.04. The van der Waals surface area contributed by atoms with E-state index in [9.17, 15) is 9.59 Å². The molecule has 2 atom stereocenters. The molecule has 0 aromatic heterocycles. The predicted octanol–water partition coefficient (Wildman–Crippen LogP) is 0.287. The number of carbonyl (C=O) groups excluding carboxylic acids is 1. The highest BCUT2D eigenvalue weighted by Crippen LogP contribution is 2.23. The zero-order chi connectivity index (χ0) is 12.4. The quantitative estimate of drug-likeness (QED) is 0.733. The number of urea groups is 1. The van der Waals surface area contributed by atoms with Crippen molar-refractivity contribution in [1.82, 2.24) is 9.80 Å². The molecule has 0 saturated carbocycles. The van der Waals surface area contributed by atoms with Crippen molar-refractivity contribution < 1.29 is 19.4 Å². The summed E-state index contributed by atoms with van der Waals surface area (Å²) in [7, 11) is 0. The van der Waals surface area contributed by atoms with Crippen LogP contribution in [0.2, 0.25) is 0 Å². The number of carbonyl (C=O) groups is 2. The van der Waals surface area contributed by atoms with E-state index in [1.54, 1.807) is 4.90 Å². The van der Waals surface area contributed by atoms with Crippen molar-refractivity contribution in [2.45, 2.75) is 19.0 Å². The van der Waals surface area contributed by atoms with E-state index in [1.807, 2.05) is 6.92 Å². The van der Waals surface area contributed by atoms with E-state index in [0.29, 0.717) is 31.4 Å². The fourth-order valence-electron chi connectivity index (χ4n) is 2.01. The molecule has 0 aliphatic carbocycles. The molecule has 0 spiro atoms. The second-order valence-corrected chi connectivity index (χ2v) is 5.22. The summed E-state index contributed by atoms with van der Waals surface area (Å²) < 4.78 is 5.27. The number of ether oxygens (including phenoxy) is 1. The summed E-state index contributed by atoms with van der Waals surface area (Å²) in [6.45, 7) is 3.49. The molecule has 2 amide bonds. The molecule has 7 heteroatoms. The van der Waals surface area contributed by atoms with Crippen molar-refractivity contribution in [3.63, 3.8) is 0 Å². The van der Waals surface area contributed by atoms with Gasteiger partial charge in [-0.2, -0.15) is 0 Å². The van der Waals surface area contributed by atoms with Gasteiger partial charge in [0.05, 0.1) is 25.1 Å². The zero-order valence-corrected chi connectivity index (χ0v) is 10.5. The van der Waals surface area contributed by atoms with Gasteiger partial charge < -0.3 is 19.6 Å². The average Bonchev–Trinajstić information content (AvgIpc) is 2.77. The van der Waals surface area contributed by atoms with Gasteiger partial charge in [0.25, 0.3) is 0 Å². The molecule has 0 aromatic rings. The first-order valence-electron chi connectivity index (χ1n) is 5.57. The van der Waals surface area contributed by atoms with Gasteiger partial charge in [-0.3, -0.25) is 0 Å². The molecule has 2 aliphatic rings. The second kappa shape index (κ2) is 5.14. The Hall–Kier alpha value is -0.950. The molecule has 0 radical (unpaired) electrons. The van der Waals surface area contributed by atoms with Crippen LogP contribution in [0.1, 0.15) is 6.92 Å². The number of nitrogens with zero attached hydrogens (tertiary/aromatic N) is 2. The maximum Gasteiger partial charge on any atom is 0.327 e. The van der Waals surface area contributed by atoms with Gasteiger partial charge >= 0.3 is 12.0 Å². The van der Waals surface area contributed by atoms with E-state index in [4.69, 9.17) is 9.84 Å². The van der Waals surface area contributed by atoms with Crippen LogP contribution in [0.5, 0.6) is 0 Å². The molecule has 17 heavy (non-hydrogen) atoms. The van der Waals surface area contributed by atoms with Gasteiger partial charge in [-0.25, -0.2) is 9.59 Å². The van der Waals surface area contributed by atoms with E-state index in [0.717, 1.165) is 0 Å². The second-order valence-electron chi connectivity index (χ2n) is 4.22. The number of amides is 2. The number of morpholine rings is 1. The Bertz CT molecular complexity index is 325. The molecule has 96 valence electrons. The summed E-state index contributed by atoms with van der Waals surface area (Å²) in [6, 6.07) is -0.864. The summed E-state index contributed by atoms with van der Waals surface area (Å²) >= 11 is 1.48. The highest BCUT2D eigenvalue weighted by atomic mass is 32.2. The standard InChI is InChI=1S/C10H16N2O4S/c1-7-4-16-3-2-11(7)10(15)12-6-17-5-8(12)9(13)14/h7-8H,2-6H2,1H3,(H,13,14). The van der Waals surface area contributed by atoms with Gasteiger partial charge in [0, 0.05) is 12.3 Å². The van der Waals surface area contributed by atoms with Crippen molar-refractivity contribution >= 4 is 23.8 Å². The summed E-state index contributed by atoms with van der Waals surface area (Å²) in [4.78, 5) is 26.4. The molecular formula is C10H16N2O4S. The summed E-state index contributed by atoms with van der Waals surface area (Å²) in [5.74, 6) is 0.00362. The fourth-order valence-corrected chi connectivity index (χ4v) is 3.15. The van der Waals surface area contributed by atoms with Crippen LogP contribution in [-0.2, 0) is 9.53 Å². The van der Waals surface area contributed by atoms with E-state index < -0.39 is 12.0 Å². The number of carboxylic acids is 1. The number of rotatable bonds is 1. The molecule has 1 N–H and O–H groups in total. The van der Waals surface area contributed by atoms with Crippen LogP contribution in [0.25, 0.3) is 0 Å². The van der Waals surface area contributed by atoms with Crippen LogP contribution in [0, 0.1) is 0 Å². The van der Waals surface area contributed by atoms with Crippen molar-refractivity contribution in [3.8, 4) is 0 Å². The average molecular weight is 260 g/mol. The van der Waals surface area contributed by atoms with Crippen molar-refractivity contribution in [3.05, 3.63) is 0 Å². The Morgan fingerprint density at radius 3 is 2.82 bits per heavy atom. The molecule has 0 bridgehead atoms. The van der Waals surface area contributed by atoms with Crippen LogP contribution in [0.4, 0.5) is 4.79 Å². The van der Waals surface area contributed by atoms with Crippen molar-refractivity contribution in [2.75, 3.05) is 31.4 Å². The Labute approximate surface area is 104 Å². The Kier molecular flexibility index (Phi) is 3.78. The third-order valence-electron chi connectivity index (χ3n) is 3.03. The van der Waals surface area contributed by atoms with Crippen LogP contribution in [-0.4, -0.2) is 70.4 Å². The predicted molar refractivity (Wildman–Crippen MR) is 63.0 cm³/mol. The van der Waals surface area contributed by atoms with Crippen LogP contribution < -0.4 is 0 Å². The highest BCUT2D eigenvalue weighted by Gasteiger charge is 2.38. The van der Waals surface area contributed by atoms with Crippen LogP contribution in [0.3, 0.4) is 0 Å². The van der Waals surface area contributed by atoms with E-state index in [1.165, 1.54) is 16.7 Å². The number of aliphatic carboxylic acids is 1. The first-order chi connectivity index (χ1) is 8.11. The lowest BCUT2D eigenvalue weighted by Crippen LogP contribution is -2.55. The van der Waals surface area contributed by atoms with E-state index >= 15 is 0 Å². The summed E-state index contributed by atoms with van der Waals surface area (Å²) in [6.07, 6.45) is 0. The first-order valence-corrected chi connectivity index (χ1v) is 6.72. The van der Waals surface area contributed by atoms with Crippen molar-refractivity contribution in [2.24, 2.45) is 0 Å². The smallest absolute Gasteiger partial charge is 0.327 e. The molecule has 6 nitrogen and oxygen atoms in total. The molecule has 2 aliphatic heterocycles. The number of thioether (sulfide) groups is 1.